The van der Waals surface area contributed by atoms with Crippen LogP contribution in [0.1, 0.15) is 38.4 Å². The highest BCUT2D eigenvalue weighted by molar-refractivity contribution is 5.81. The maximum absolute atomic E-state index is 12.2. The molecule has 0 saturated carbocycles. The van der Waals surface area contributed by atoms with Gasteiger partial charge in [-0.2, -0.15) is 0 Å². The van der Waals surface area contributed by atoms with Crippen molar-refractivity contribution in [1.29, 1.82) is 0 Å². The lowest BCUT2D eigenvalue weighted by molar-refractivity contribution is -0.124. The number of ether oxygens (including phenoxy) is 2. The van der Waals surface area contributed by atoms with E-state index in [-0.39, 0.29) is 24.5 Å². The monoisotopic (exact) mass is 336 g/mol. The van der Waals surface area contributed by atoms with E-state index in [2.05, 4.69) is 5.32 Å². The van der Waals surface area contributed by atoms with Gasteiger partial charge in [0, 0.05) is 19.8 Å². The largest absolute Gasteiger partial charge is 0.491 e. The molecule has 1 saturated heterocycles. The second-order valence-electron chi connectivity index (χ2n) is 6.48. The fourth-order valence-electron chi connectivity index (χ4n) is 2.79. The SMILES string of the molecule is CC(C)Oc1cccc(C(O)CNC(=O)C(N)C2CCOCC2)c1. The lowest BCUT2D eigenvalue weighted by atomic mass is 9.92. The Kier molecular flexibility index (Phi) is 7.02. The molecule has 1 heterocycles. The predicted octanol–water partition coefficient (Wildman–Crippen LogP) is 1.38. The number of rotatable bonds is 7. The predicted molar refractivity (Wildman–Crippen MR) is 91.7 cm³/mol. The molecule has 24 heavy (non-hydrogen) atoms. The van der Waals surface area contributed by atoms with Gasteiger partial charge < -0.3 is 25.6 Å². The summed E-state index contributed by atoms with van der Waals surface area (Å²) in [5, 5.41) is 13.0. The minimum Gasteiger partial charge on any atom is -0.491 e. The quantitative estimate of drug-likeness (QED) is 0.699. The Bertz CT molecular complexity index is 530. The first-order valence-corrected chi connectivity index (χ1v) is 8.53. The normalized spacial score (nSPS) is 18.2. The average Bonchev–Trinajstić information content (AvgIpc) is 2.59. The first kappa shape index (κ1) is 18.7. The third kappa shape index (κ3) is 5.47. The van der Waals surface area contributed by atoms with Crippen molar-refractivity contribution >= 4 is 5.91 Å². The van der Waals surface area contributed by atoms with Gasteiger partial charge in [0.15, 0.2) is 0 Å². The number of aliphatic hydroxyl groups is 1. The van der Waals surface area contributed by atoms with E-state index in [0.29, 0.717) is 24.5 Å². The number of carbonyl (C=O) groups excluding carboxylic acids is 1. The Morgan fingerprint density at radius 3 is 2.79 bits per heavy atom. The van der Waals surface area contributed by atoms with Crippen molar-refractivity contribution in [3.8, 4) is 5.75 Å². The van der Waals surface area contributed by atoms with Crippen LogP contribution in [0, 0.1) is 5.92 Å². The molecule has 0 radical (unpaired) electrons. The van der Waals surface area contributed by atoms with Crippen LogP contribution in [0.15, 0.2) is 24.3 Å². The summed E-state index contributed by atoms with van der Waals surface area (Å²) in [6.45, 7) is 5.32. The van der Waals surface area contributed by atoms with Crippen molar-refractivity contribution in [2.45, 2.75) is 44.9 Å². The van der Waals surface area contributed by atoms with Crippen LogP contribution in [-0.2, 0) is 9.53 Å². The molecule has 1 fully saturated rings. The van der Waals surface area contributed by atoms with Gasteiger partial charge in [0.2, 0.25) is 5.91 Å². The lowest BCUT2D eigenvalue weighted by Gasteiger charge is -2.27. The van der Waals surface area contributed by atoms with Gasteiger partial charge in [0.1, 0.15) is 5.75 Å². The van der Waals surface area contributed by atoms with E-state index in [0.717, 1.165) is 12.8 Å². The molecule has 0 spiro atoms. The van der Waals surface area contributed by atoms with Crippen molar-refractivity contribution < 1.29 is 19.4 Å². The van der Waals surface area contributed by atoms with Crippen LogP contribution in [0.5, 0.6) is 5.75 Å². The summed E-state index contributed by atoms with van der Waals surface area (Å²) in [4.78, 5) is 12.2. The number of hydrogen-bond acceptors (Lipinski definition) is 5. The van der Waals surface area contributed by atoms with E-state index in [4.69, 9.17) is 15.2 Å². The fraction of sp³-hybridized carbons (Fsp3) is 0.611. The standard InChI is InChI=1S/C18H28N2O4/c1-12(2)24-15-5-3-4-14(10-15)16(21)11-20-18(22)17(19)13-6-8-23-9-7-13/h3-5,10,12-13,16-17,21H,6-9,11,19H2,1-2H3,(H,20,22). The van der Waals surface area contributed by atoms with E-state index in [1.807, 2.05) is 32.0 Å². The summed E-state index contributed by atoms with van der Waals surface area (Å²) in [6, 6.07) is 6.70. The molecule has 6 nitrogen and oxygen atoms in total. The van der Waals surface area contributed by atoms with Gasteiger partial charge in [-0.05, 0) is 50.3 Å². The zero-order valence-electron chi connectivity index (χ0n) is 14.4. The molecule has 4 N–H and O–H groups in total. The van der Waals surface area contributed by atoms with Crippen LogP contribution in [0.2, 0.25) is 0 Å². The van der Waals surface area contributed by atoms with Crippen LogP contribution < -0.4 is 15.8 Å². The summed E-state index contributed by atoms with van der Waals surface area (Å²) in [6.07, 6.45) is 0.860. The Balaban J connectivity index is 1.85. The van der Waals surface area contributed by atoms with Crippen LogP contribution in [-0.4, -0.2) is 42.9 Å². The van der Waals surface area contributed by atoms with Gasteiger partial charge in [-0.15, -0.1) is 0 Å². The molecule has 1 amide bonds. The average molecular weight is 336 g/mol. The molecule has 2 rings (SSSR count). The Labute approximate surface area is 143 Å². The van der Waals surface area contributed by atoms with Gasteiger partial charge in [-0.1, -0.05) is 12.1 Å². The summed E-state index contributed by atoms with van der Waals surface area (Å²) >= 11 is 0. The van der Waals surface area contributed by atoms with Crippen LogP contribution in [0.25, 0.3) is 0 Å². The summed E-state index contributed by atoms with van der Waals surface area (Å²) in [5.74, 6) is 0.612. The highest BCUT2D eigenvalue weighted by atomic mass is 16.5. The summed E-state index contributed by atoms with van der Waals surface area (Å²) < 4.78 is 10.9. The number of hydrogen-bond donors (Lipinski definition) is 3. The highest BCUT2D eigenvalue weighted by Crippen LogP contribution is 2.21. The molecule has 0 aromatic heterocycles. The topological polar surface area (TPSA) is 93.8 Å². The zero-order chi connectivity index (χ0) is 17.5. The smallest absolute Gasteiger partial charge is 0.237 e. The van der Waals surface area contributed by atoms with Crippen molar-refractivity contribution in [1.82, 2.24) is 5.32 Å². The summed E-state index contributed by atoms with van der Waals surface area (Å²) in [5.41, 5.74) is 6.73. The van der Waals surface area contributed by atoms with Gasteiger partial charge in [0.05, 0.1) is 18.2 Å². The number of nitrogens with two attached hydrogens (primary N) is 1. The van der Waals surface area contributed by atoms with E-state index in [1.54, 1.807) is 6.07 Å². The third-order valence-corrected chi connectivity index (χ3v) is 4.16. The second kappa shape index (κ2) is 9.01. The molecular weight excluding hydrogens is 308 g/mol. The number of aliphatic hydroxyl groups excluding tert-OH is 1. The first-order valence-electron chi connectivity index (χ1n) is 8.53. The lowest BCUT2D eigenvalue weighted by Crippen LogP contribution is -2.47. The van der Waals surface area contributed by atoms with E-state index in [1.165, 1.54) is 0 Å². The molecule has 6 heteroatoms. The van der Waals surface area contributed by atoms with E-state index in [9.17, 15) is 9.90 Å². The van der Waals surface area contributed by atoms with Gasteiger partial charge >= 0.3 is 0 Å². The number of nitrogens with one attached hydrogen (secondary N) is 1. The molecule has 0 aliphatic carbocycles. The van der Waals surface area contributed by atoms with Crippen molar-refractivity contribution in [3.63, 3.8) is 0 Å². The van der Waals surface area contributed by atoms with Crippen LogP contribution >= 0.6 is 0 Å². The number of carbonyl (C=O) groups is 1. The first-order chi connectivity index (χ1) is 11.5. The van der Waals surface area contributed by atoms with Crippen LogP contribution in [0.4, 0.5) is 0 Å². The fourth-order valence-corrected chi connectivity index (χ4v) is 2.79. The number of amides is 1. The third-order valence-electron chi connectivity index (χ3n) is 4.16. The van der Waals surface area contributed by atoms with Gasteiger partial charge in [-0.3, -0.25) is 4.79 Å². The highest BCUT2D eigenvalue weighted by Gasteiger charge is 2.26. The maximum atomic E-state index is 12.2. The van der Waals surface area contributed by atoms with Crippen molar-refractivity contribution in [2.75, 3.05) is 19.8 Å². The van der Waals surface area contributed by atoms with Crippen molar-refractivity contribution in [2.24, 2.45) is 11.7 Å². The Morgan fingerprint density at radius 1 is 1.42 bits per heavy atom. The molecule has 1 aliphatic rings. The van der Waals surface area contributed by atoms with Crippen molar-refractivity contribution in [3.05, 3.63) is 29.8 Å². The minimum absolute atomic E-state index is 0.0644. The Morgan fingerprint density at radius 2 is 2.12 bits per heavy atom. The molecule has 134 valence electrons. The summed E-state index contributed by atoms with van der Waals surface area (Å²) in [7, 11) is 0. The van der Waals surface area contributed by atoms with E-state index < -0.39 is 12.1 Å². The molecule has 1 aromatic carbocycles. The molecule has 1 aliphatic heterocycles. The molecule has 2 atom stereocenters. The molecule has 1 aromatic rings. The van der Waals surface area contributed by atoms with Crippen LogP contribution in [0.3, 0.4) is 0 Å². The second-order valence-corrected chi connectivity index (χ2v) is 6.48. The van der Waals surface area contributed by atoms with E-state index >= 15 is 0 Å². The van der Waals surface area contributed by atoms with Gasteiger partial charge in [-0.25, -0.2) is 0 Å². The molecule has 2 unspecified atom stereocenters. The Hall–Kier alpha value is -1.63. The zero-order valence-corrected chi connectivity index (χ0v) is 14.4. The number of benzene rings is 1. The molecular formula is C18H28N2O4. The maximum Gasteiger partial charge on any atom is 0.237 e. The molecule has 0 bridgehead atoms. The van der Waals surface area contributed by atoms with Gasteiger partial charge in [0.25, 0.3) is 0 Å². The minimum atomic E-state index is -0.799.